The summed E-state index contributed by atoms with van der Waals surface area (Å²) in [6.07, 6.45) is -1.58. The molecule has 26 heavy (non-hydrogen) atoms. The molecule has 1 unspecified atom stereocenters. The monoisotopic (exact) mass is 380 g/mol. The van der Waals surface area contributed by atoms with Crippen molar-refractivity contribution in [2.75, 3.05) is 31.1 Å². The number of aliphatic hydroxyl groups excluding tert-OH is 1. The Balaban J connectivity index is 1.66. The van der Waals surface area contributed by atoms with Crippen molar-refractivity contribution >= 4 is 23.2 Å². The van der Waals surface area contributed by atoms with Crippen LogP contribution in [-0.2, 0) is 4.79 Å². The highest BCUT2D eigenvalue weighted by molar-refractivity contribution is 6.30. The number of halogens is 3. The molecule has 1 atom stereocenters. The molecular weight excluding hydrogens is 362 g/mol. The first kappa shape index (κ1) is 18.6. The highest BCUT2D eigenvalue weighted by Crippen LogP contribution is 2.25. The Labute approximate surface area is 155 Å². The van der Waals surface area contributed by atoms with E-state index in [9.17, 15) is 18.7 Å². The van der Waals surface area contributed by atoms with Crippen molar-refractivity contribution in [3.8, 4) is 0 Å². The van der Waals surface area contributed by atoms with E-state index in [-0.39, 0.29) is 5.56 Å². The number of carbonyl (C=O) groups excluding carboxylic acids is 1. The third-order valence-electron chi connectivity index (χ3n) is 4.53. The molecule has 1 saturated heterocycles. The van der Waals surface area contributed by atoms with Gasteiger partial charge in [-0.25, -0.2) is 8.78 Å². The summed E-state index contributed by atoms with van der Waals surface area (Å²) in [5.74, 6) is -2.20. The molecule has 1 amide bonds. The molecule has 0 radical (unpaired) electrons. The van der Waals surface area contributed by atoms with Crippen molar-refractivity contribution in [3.63, 3.8) is 0 Å². The summed E-state index contributed by atoms with van der Waals surface area (Å²) < 4.78 is 26.6. The van der Waals surface area contributed by atoms with Crippen molar-refractivity contribution in [2.24, 2.45) is 0 Å². The van der Waals surface area contributed by atoms with Crippen LogP contribution in [0.4, 0.5) is 14.5 Å². The molecule has 4 nitrogen and oxygen atoms in total. The number of anilines is 1. The minimum Gasteiger partial charge on any atom is -0.378 e. The van der Waals surface area contributed by atoms with Gasteiger partial charge < -0.3 is 14.9 Å². The number of aryl methyl sites for hydroxylation is 1. The maximum atomic E-state index is 13.3. The second-order valence-corrected chi connectivity index (χ2v) is 6.78. The zero-order valence-electron chi connectivity index (χ0n) is 14.3. The zero-order chi connectivity index (χ0) is 18.8. The fourth-order valence-electron chi connectivity index (χ4n) is 3.19. The van der Waals surface area contributed by atoms with Gasteiger partial charge in [0, 0.05) is 43.0 Å². The Morgan fingerprint density at radius 2 is 1.69 bits per heavy atom. The molecular formula is C19H19ClF2N2O2. The van der Waals surface area contributed by atoms with Gasteiger partial charge in [-0.05, 0) is 48.4 Å². The SMILES string of the molecule is Cc1cc(Cl)ccc1N1CCN(C(=O)C(O)c2cc(F)cc(F)c2)CC1. The van der Waals surface area contributed by atoms with E-state index in [0.29, 0.717) is 37.3 Å². The standard InChI is InChI=1S/C19H19ClF2N2O2/c1-12-8-14(20)2-3-17(12)23-4-6-24(7-5-23)19(26)18(25)13-9-15(21)11-16(22)10-13/h2-3,8-11,18,25H,4-7H2,1H3. The van der Waals surface area contributed by atoms with Crippen LogP contribution in [0.15, 0.2) is 36.4 Å². The number of amides is 1. The average Bonchev–Trinajstić information content (AvgIpc) is 2.60. The number of rotatable bonds is 3. The van der Waals surface area contributed by atoms with Gasteiger partial charge in [-0.1, -0.05) is 11.6 Å². The Hall–Kier alpha value is -2.18. The summed E-state index contributed by atoms with van der Waals surface area (Å²) in [5.41, 5.74) is 2.02. The van der Waals surface area contributed by atoms with Crippen LogP contribution in [0.25, 0.3) is 0 Å². The summed E-state index contributed by atoms with van der Waals surface area (Å²) in [4.78, 5) is 16.1. The van der Waals surface area contributed by atoms with Crippen LogP contribution >= 0.6 is 11.6 Å². The van der Waals surface area contributed by atoms with Gasteiger partial charge in [0.05, 0.1) is 0 Å². The van der Waals surface area contributed by atoms with Gasteiger partial charge in [0.2, 0.25) is 0 Å². The van der Waals surface area contributed by atoms with Crippen molar-refractivity contribution in [1.29, 1.82) is 0 Å². The molecule has 1 N–H and O–H groups in total. The maximum absolute atomic E-state index is 13.3. The second kappa shape index (κ2) is 7.60. The first-order valence-electron chi connectivity index (χ1n) is 8.29. The summed E-state index contributed by atoms with van der Waals surface area (Å²) in [6, 6.07) is 8.30. The van der Waals surface area contributed by atoms with E-state index in [1.54, 1.807) is 0 Å². The lowest BCUT2D eigenvalue weighted by atomic mass is 10.1. The van der Waals surface area contributed by atoms with E-state index in [4.69, 9.17) is 11.6 Å². The van der Waals surface area contributed by atoms with Crippen LogP contribution in [-0.4, -0.2) is 42.1 Å². The minimum absolute atomic E-state index is 0.0801. The fraction of sp³-hybridized carbons (Fsp3) is 0.316. The molecule has 2 aromatic carbocycles. The molecule has 3 rings (SSSR count). The van der Waals surface area contributed by atoms with E-state index >= 15 is 0 Å². The molecule has 1 aliphatic rings. The quantitative estimate of drug-likeness (QED) is 0.888. The predicted molar refractivity (Wildman–Crippen MR) is 96.3 cm³/mol. The number of hydrogen-bond acceptors (Lipinski definition) is 3. The van der Waals surface area contributed by atoms with Crippen molar-refractivity contribution in [2.45, 2.75) is 13.0 Å². The molecule has 1 aliphatic heterocycles. The zero-order valence-corrected chi connectivity index (χ0v) is 15.0. The lowest BCUT2D eigenvalue weighted by Crippen LogP contribution is -2.50. The fourth-order valence-corrected chi connectivity index (χ4v) is 3.42. The summed E-state index contributed by atoms with van der Waals surface area (Å²) in [7, 11) is 0. The second-order valence-electron chi connectivity index (χ2n) is 6.35. The maximum Gasteiger partial charge on any atom is 0.256 e. The Kier molecular flexibility index (Phi) is 5.44. The van der Waals surface area contributed by atoms with Crippen molar-refractivity contribution in [1.82, 2.24) is 4.90 Å². The number of piperazine rings is 1. The highest BCUT2D eigenvalue weighted by Gasteiger charge is 2.28. The van der Waals surface area contributed by atoms with Gasteiger partial charge in [0.15, 0.2) is 6.10 Å². The van der Waals surface area contributed by atoms with E-state index in [0.717, 1.165) is 23.4 Å². The van der Waals surface area contributed by atoms with Gasteiger partial charge >= 0.3 is 0 Å². The molecule has 0 aliphatic carbocycles. The molecule has 2 aromatic rings. The summed E-state index contributed by atoms with van der Waals surface area (Å²) in [6.45, 7) is 3.99. The van der Waals surface area contributed by atoms with Crippen LogP contribution in [0.1, 0.15) is 17.2 Å². The summed E-state index contributed by atoms with van der Waals surface area (Å²) >= 11 is 5.98. The van der Waals surface area contributed by atoms with Gasteiger partial charge in [-0.2, -0.15) is 0 Å². The largest absolute Gasteiger partial charge is 0.378 e. The normalized spacial score (nSPS) is 15.9. The number of aliphatic hydroxyl groups is 1. The van der Waals surface area contributed by atoms with Crippen LogP contribution in [0.3, 0.4) is 0 Å². The van der Waals surface area contributed by atoms with Crippen molar-refractivity contribution in [3.05, 3.63) is 64.2 Å². The molecule has 0 bridgehead atoms. The highest BCUT2D eigenvalue weighted by atomic mass is 35.5. The number of hydrogen-bond donors (Lipinski definition) is 1. The van der Waals surface area contributed by atoms with Gasteiger partial charge in [0.1, 0.15) is 11.6 Å². The van der Waals surface area contributed by atoms with E-state index in [2.05, 4.69) is 4.90 Å². The smallest absolute Gasteiger partial charge is 0.256 e. The molecule has 0 spiro atoms. The van der Waals surface area contributed by atoms with E-state index < -0.39 is 23.6 Å². The Bertz CT molecular complexity index is 803. The Morgan fingerprint density at radius 3 is 2.27 bits per heavy atom. The lowest BCUT2D eigenvalue weighted by molar-refractivity contribution is -0.140. The van der Waals surface area contributed by atoms with Gasteiger partial charge in [-0.3, -0.25) is 4.79 Å². The van der Waals surface area contributed by atoms with E-state index in [1.807, 2.05) is 25.1 Å². The lowest BCUT2D eigenvalue weighted by Gasteiger charge is -2.37. The Morgan fingerprint density at radius 1 is 1.08 bits per heavy atom. The first-order chi connectivity index (χ1) is 12.3. The van der Waals surface area contributed by atoms with Crippen molar-refractivity contribution < 1.29 is 18.7 Å². The molecule has 0 aromatic heterocycles. The van der Waals surface area contributed by atoms with Gasteiger partial charge in [0.25, 0.3) is 5.91 Å². The minimum atomic E-state index is -1.58. The van der Waals surface area contributed by atoms with Crippen LogP contribution in [0, 0.1) is 18.6 Å². The number of benzene rings is 2. The number of carbonyl (C=O) groups is 1. The third kappa shape index (κ3) is 3.97. The third-order valence-corrected chi connectivity index (χ3v) is 4.76. The molecule has 7 heteroatoms. The predicted octanol–water partition coefficient (Wildman–Crippen LogP) is 3.31. The summed E-state index contributed by atoms with van der Waals surface area (Å²) in [5, 5.41) is 10.9. The first-order valence-corrected chi connectivity index (χ1v) is 8.67. The number of nitrogens with zero attached hydrogens (tertiary/aromatic N) is 2. The topological polar surface area (TPSA) is 43.8 Å². The molecule has 1 fully saturated rings. The van der Waals surface area contributed by atoms with Crippen LogP contribution in [0.2, 0.25) is 5.02 Å². The van der Waals surface area contributed by atoms with Crippen LogP contribution < -0.4 is 4.90 Å². The van der Waals surface area contributed by atoms with Crippen LogP contribution in [0.5, 0.6) is 0 Å². The molecule has 1 heterocycles. The van der Waals surface area contributed by atoms with Gasteiger partial charge in [-0.15, -0.1) is 0 Å². The molecule has 0 saturated carbocycles. The average molecular weight is 381 g/mol. The molecule has 138 valence electrons. The van der Waals surface area contributed by atoms with E-state index in [1.165, 1.54) is 4.90 Å².